The Hall–Kier alpha value is -1.06. The molecule has 1 aromatic carbocycles. The summed E-state index contributed by atoms with van der Waals surface area (Å²) >= 11 is 0. The fourth-order valence-electron chi connectivity index (χ4n) is 3.36. The highest BCUT2D eigenvalue weighted by molar-refractivity contribution is 5.33. The number of nitrogens with zero attached hydrogens (tertiary/aromatic N) is 1. The minimum Gasteiger partial charge on any atom is -0.496 e. The van der Waals surface area contributed by atoms with E-state index < -0.39 is 0 Å². The van der Waals surface area contributed by atoms with Crippen LogP contribution in [0.1, 0.15) is 38.2 Å². The van der Waals surface area contributed by atoms with E-state index in [9.17, 15) is 0 Å². The maximum absolute atomic E-state index is 6.17. The van der Waals surface area contributed by atoms with Crippen molar-refractivity contribution in [2.45, 2.75) is 51.1 Å². The van der Waals surface area contributed by atoms with Crippen LogP contribution in [0, 0.1) is 5.92 Å². The normalized spacial score (nSPS) is 23.5. The molecule has 3 heteroatoms. The zero-order chi connectivity index (χ0) is 15.2. The molecule has 0 aliphatic heterocycles. The van der Waals surface area contributed by atoms with Crippen molar-refractivity contribution >= 4 is 0 Å². The molecule has 2 rings (SSSR count). The highest BCUT2D eigenvalue weighted by Crippen LogP contribution is 2.27. The lowest BCUT2D eigenvalue weighted by molar-refractivity contribution is 0.231. The summed E-state index contributed by atoms with van der Waals surface area (Å²) in [6.45, 7) is 3.43. The van der Waals surface area contributed by atoms with Crippen LogP contribution in [0.5, 0.6) is 5.75 Å². The quantitative estimate of drug-likeness (QED) is 0.838. The van der Waals surface area contributed by atoms with E-state index in [1.54, 1.807) is 7.11 Å². The van der Waals surface area contributed by atoms with Gasteiger partial charge in [-0.05, 0) is 63.7 Å². The molecule has 1 saturated carbocycles. The van der Waals surface area contributed by atoms with Gasteiger partial charge in [-0.3, -0.25) is 0 Å². The van der Waals surface area contributed by atoms with Gasteiger partial charge < -0.3 is 15.4 Å². The lowest BCUT2D eigenvalue weighted by Crippen LogP contribution is -2.34. The molecule has 0 saturated heterocycles. The molecule has 2 N–H and O–H groups in total. The van der Waals surface area contributed by atoms with Gasteiger partial charge in [0.2, 0.25) is 0 Å². The SMILES string of the molecule is COc1ccccc1CC(C)N(C)CCC1CCCC1N. The number of para-hydroxylation sites is 1. The zero-order valence-corrected chi connectivity index (χ0v) is 13.7. The second kappa shape index (κ2) is 7.81. The molecule has 1 aromatic rings. The van der Waals surface area contributed by atoms with E-state index in [0.29, 0.717) is 12.1 Å². The largest absolute Gasteiger partial charge is 0.496 e. The van der Waals surface area contributed by atoms with Gasteiger partial charge in [0.1, 0.15) is 5.75 Å². The average molecular weight is 290 g/mol. The van der Waals surface area contributed by atoms with Gasteiger partial charge in [-0.2, -0.15) is 0 Å². The number of rotatable bonds is 7. The average Bonchev–Trinajstić information content (AvgIpc) is 2.90. The Bertz CT molecular complexity index is 435. The number of methoxy groups -OCH3 is 1. The maximum atomic E-state index is 6.17. The Balaban J connectivity index is 1.83. The first-order chi connectivity index (χ1) is 10.1. The summed E-state index contributed by atoms with van der Waals surface area (Å²) in [6.07, 6.45) is 6.10. The third-order valence-electron chi connectivity index (χ3n) is 5.03. The van der Waals surface area contributed by atoms with Crippen LogP contribution < -0.4 is 10.5 Å². The zero-order valence-electron chi connectivity index (χ0n) is 13.7. The lowest BCUT2D eigenvalue weighted by atomic mass is 9.99. The van der Waals surface area contributed by atoms with E-state index in [2.05, 4.69) is 31.0 Å². The third-order valence-corrected chi connectivity index (χ3v) is 5.03. The van der Waals surface area contributed by atoms with Crippen molar-refractivity contribution in [1.29, 1.82) is 0 Å². The Kier molecular flexibility index (Phi) is 6.07. The molecular formula is C18H30N2O. The van der Waals surface area contributed by atoms with Crippen molar-refractivity contribution in [2.24, 2.45) is 11.7 Å². The summed E-state index contributed by atoms with van der Waals surface area (Å²) in [5, 5.41) is 0. The molecule has 0 bridgehead atoms. The van der Waals surface area contributed by atoms with E-state index in [0.717, 1.165) is 24.6 Å². The molecule has 0 amide bonds. The number of hydrogen-bond acceptors (Lipinski definition) is 3. The smallest absolute Gasteiger partial charge is 0.122 e. The van der Waals surface area contributed by atoms with Gasteiger partial charge in [0, 0.05) is 12.1 Å². The van der Waals surface area contributed by atoms with Crippen LogP contribution in [-0.4, -0.2) is 37.7 Å². The van der Waals surface area contributed by atoms with Gasteiger partial charge in [-0.25, -0.2) is 0 Å². The van der Waals surface area contributed by atoms with E-state index >= 15 is 0 Å². The fraction of sp³-hybridized carbons (Fsp3) is 0.667. The van der Waals surface area contributed by atoms with Crippen molar-refractivity contribution in [3.05, 3.63) is 29.8 Å². The fourth-order valence-corrected chi connectivity index (χ4v) is 3.36. The van der Waals surface area contributed by atoms with E-state index in [1.165, 1.54) is 31.2 Å². The number of nitrogens with two attached hydrogens (primary N) is 1. The van der Waals surface area contributed by atoms with Crippen LogP contribution in [0.15, 0.2) is 24.3 Å². The van der Waals surface area contributed by atoms with Crippen LogP contribution >= 0.6 is 0 Å². The van der Waals surface area contributed by atoms with Crippen molar-refractivity contribution in [3.63, 3.8) is 0 Å². The standard InChI is InChI=1S/C18H30N2O/c1-14(13-16-7-4-5-10-18(16)21-3)20(2)12-11-15-8-6-9-17(15)19/h4-5,7,10,14-15,17H,6,8-9,11-13,19H2,1-3H3. The topological polar surface area (TPSA) is 38.5 Å². The van der Waals surface area contributed by atoms with Gasteiger partial charge in [0.25, 0.3) is 0 Å². The number of hydrogen-bond donors (Lipinski definition) is 1. The van der Waals surface area contributed by atoms with Crippen molar-refractivity contribution in [2.75, 3.05) is 20.7 Å². The maximum Gasteiger partial charge on any atom is 0.122 e. The van der Waals surface area contributed by atoms with Gasteiger partial charge >= 0.3 is 0 Å². The van der Waals surface area contributed by atoms with Crippen LogP contribution in [0.25, 0.3) is 0 Å². The molecule has 3 unspecified atom stereocenters. The molecule has 3 nitrogen and oxygen atoms in total. The lowest BCUT2D eigenvalue weighted by Gasteiger charge is -2.27. The van der Waals surface area contributed by atoms with Gasteiger partial charge in [0.15, 0.2) is 0 Å². The summed E-state index contributed by atoms with van der Waals surface area (Å²) in [5.41, 5.74) is 7.46. The molecule has 0 radical (unpaired) electrons. The van der Waals surface area contributed by atoms with Gasteiger partial charge in [-0.15, -0.1) is 0 Å². The number of ether oxygens (including phenoxy) is 1. The summed E-state index contributed by atoms with van der Waals surface area (Å²) in [7, 11) is 3.97. The molecule has 118 valence electrons. The summed E-state index contributed by atoms with van der Waals surface area (Å²) in [4.78, 5) is 2.46. The van der Waals surface area contributed by atoms with Crippen LogP contribution in [-0.2, 0) is 6.42 Å². The van der Waals surface area contributed by atoms with E-state index in [-0.39, 0.29) is 0 Å². The molecule has 1 aliphatic carbocycles. The summed E-state index contributed by atoms with van der Waals surface area (Å²) < 4.78 is 5.45. The minimum absolute atomic E-state index is 0.433. The second-order valence-corrected chi connectivity index (χ2v) is 6.49. The summed E-state index contributed by atoms with van der Waals surface area (Å²) in [5.74, 6) is 1.72. The van der Waals surface area contributed by atoms with Crippen LogP contribution in [0.2, 0.25) is 0 Å². The van der Waals surface area contributed by atoms with Gasteiger partial charge in [0.05, 0.1) is 7.11 Å². The molecule has 0 heterocycles. The van der Waals surface area contributed by atoms with Crippen molar-refractivity contribution < 1.29 is 4.74 Å². The van der Waals surface area contributed by atoms with Crippen LogP contribution in [0.4, 0.5) is 0 Å². The predicted molar refractivity (Wildman–Crippen MR) is 88.7 cm³/mol. The Morgan fingerprint density at radius 3 is 2.76 bits per heavy atom. The molecule has 0 spiro atoms. The first-order valence-corrected chi connectivity index (χ1v) is 8.19. The van der Waals surface area contributed by atoms with E-state index in [4.69, 9.17) is 10.5 Å². The summed E-state index contributed by atoms with van der Waals surface area (Å²) in [6, 6.07) is 9.26. The Morgan fingerprint density at radius 2 is 2.10 bits per heavy atom. The molecular weight excluding hydrogens is 260 g/mol. The number of likely N-dealkylation sites (N-methyl/N-ethyl adjacent to an activating group) is 1. The Labute approximate surface area is 129 Å². The van der Waals surface area contributed by atoms with Crippen molar-refractivity contribution in [3.8, 4) is 5.75 Å². The monoisotopic (exact) mass is 290 g/mol. The first-order valence-electron chi connectivity index (χ1n) is 8.19. The van der Waals surface area contributed by atoms with E-state index in [1.807, 2.05) is 12.1 Å². The molecule has 1 fully saturated rings. The second-order valence-electron chi connectivity index (χ2n) is 6.49. The van der Waals surface area contributed by atoms with Crippen molar-refractivity contribution in [1.82, 2.24) is 4.90 Å². The van der Waals surface area contributed by atoms with Crippen LogP contribution in [0.3, 0.4) is 0 Å². The number of benzene rings is 1. The molecule has 0 aromatic heterocycles. The Morgan fingerprint density at radius 1 is 1.33 bits per heavy atom. The molecule has 1 aliphatic rings. The third kappa shape index (κ3) is 4.45. The minimum atomic E-state index is 0.433. The first kappa shape index (κ1) is 16.3. The highest BCUT2D eigenvalue weighted by Gasteiger charge is 2.24. The van der Waals surface area contributed by atoms with Gasteiger partial charge in [-0.1, -0.05) is 24.6 Å². The predicted octanol–water partition coefficient (Wildman–Crippen LogP) is 3.08. The molecule has 21 heavy (non-hydrogen) atoms. The highest BCUT2D eigenvalue weighted by atomic mass is 16.5. The molecule has 3 atom stereocenters.